The van der Waals surface area contributed by atoms with Gasteiger partial charge in [-0.05, 0) is 70.8 Å². The Morgan fingerprint density at radius 3 is 1.28 bits per heavy atom. The molecule has 43 heavy (non-hydrogen) atoms. The number of hydrogen-bond acceptors (Lipinski definition) is 4. The molecule has 0 fully saturated rings. The van der Waals surface area contributed by atoms with Crippen LogP contribution in [0, 0.1) is 0 Å². The molecule has 0 amide bonds. The highest BCUT2D eigenvalue weighted by Gasteiger charge is 2.37. The SMILES string of the molecule is O=S(=O)(C1=CCC(F)(c2ccccc2-c2ccc(O)cc2)C=C1)C1=CCC(F)(c2ccccc2-c2ccc(O)cc2)C=C1. The summed E-state index contributed by atoms with van der Waals surface area (Å²) in [5.74, 6) is 0.202. The van der Waals surface area contributed by atoms with Crippen LogP contribution in [0.4, 0.5) is 8.78 Å². The Hall–Kier alpha value is -4.75. The van der Waals surface area contributed by atoms with Gasteiger partial charge in [0.25, 0.3) is 0 Å². The lowest BCUT2D eigenvalue weighted by Crippen LogP contribution is -2.23. The lowest BCUT2D eigenvalue weighted by Gasteiger charge is -2.28. The van der Waals surface area contributed by atoms with Crippen LogP contribution in [0.1, 0.15) is 24.0 Å². The number of sulfone groups is 1. The molecule has 216 valence electrons. The number of aromatic hydroxyl groups is 2. The molecule has 2 N–H and O–H groups in total. The maximum atomic E-state index is 16.4. The number of benzene rings is 4. The number of phenols is 2. The van der Waals surface area contributed by atoms with Crippen molar-refractivity contribution in [2.24, 2.45) is 0 Å². The lowest BCUT2D eigenvalue weighted by atomic mass is 9.84. The van der Waals surface area contributed by atoms with Gasteiger partial charge in [-0.25, -0.2) is 17.2 Å². The molecule has 0 heterocycles. The second kappa shape index (κ2) is 10.8. The zero-order valence-corrected chi connectivity index (χ0v) is 23.8. The highest BCUT2D eigenvalue weighted by molar-refractivity contribution is 7.99. The molecular formula is C36H28F2O4S. The molecular weight excluding hydrogens is 566 g/mol. The summed E-state index contributed by atoms with van der Waals surface area (Å²) < 4.78 is 59.8. The fourth-order valence-corrected chi connectivity index (χ4v) is 6.98. The van der Waals surface area contributed by atoms with Crippen LogP contribution in [0.3, 0.4) is 0 Å². The van der Waals surface area contributed by atoms with Crippen molar-refractivity contribution in [3.63, 3.8) is 0 Å². The Kier molecular flexibility index (Phi) is 7.14. The predicted octanol–water partition coefficient (Wildman–Crippen LogP) is 8.56. The highest BCUT2D eigenvalue weighted by atomic mass is 32.2. The van der Waals surface area contributed by atoms with E-state index in [2.05, 4.69) is 0 Å². The largest absolute Gasteiger partial charge is 0.508 e. The van der Waals surface area contributed by atoms with Gasteiger partial charge in [0.05, 0.1) is 9.81 Å². The zero-order chi connectivity index (χ0) is 30.2. The van der Waals surface area contributed by atoms with Gasteiger partial charge >= 0.3 is 0 Å². The van der Waals surface area contributed by atoms with E-state index in [-0.39, 0.29) is 34.2 Å². The average molecular weight is 595 g/mol. The third-order valence-corrected chi connectivity index (χ3v) is 9.80. The van der Waals surface area contributed by atoms with Crippen molar-refractivity contribution < 1.29 is 27.4 Å². The molecule has 0 bridgehead atoms. The second-order valence-corrected chi connectivity index (χ2v) is 12.7. The van der Waals surface area contributed by atoms with E-state index < -0.39 is 21.2 Å². The van der Waals surface area contributed by atoms with Gasteiger partial charge < -0.3 is 10.2 Å². The van der Waals surface area contributed by atoms with Gasteiger partial charge in [0.2, 0.25) is 9.84 Å². The molecule has 2 aliphatic carbocycles. The standard InChI is InChI=1S/C36H28F2O4S/c37-35(33-7-3-1-5-31(33)25-9-13-27(39)14-10-25)21-17-29(18-22-35)43(41,42)30-19-23-36(38,24-20-30)34-8-4-2-6-32(34)26-11-15-28(40)16-12-26/h1-21,23,39-40H,22,24H2. The molecule has 0 spiro atoms. The number of allylic oxidation sites excluding steroid dienone is 6. The molecule has 6 rings (SSSR count). The maximum Gasteiger partial charge on any atom is 0.205 e. The van der Waals surface area contributed by atoms with Gasteiger partial charge in [-0.3, -0.25) is 0 Å². The molecule has 2 unspecified atom stereocenters. The molecule has 0 saturated heterocycles. The van der Waals surface area contributed by atoms with E-state index >= 15 is 8.78 Å². The van der Waals surface area contributed by atoms with Crippen LogP contribution in [-0.2, 0) is 21.2 Å². The zero-order valence-electron chi connectivity index (χ0n) is 23.0. The Balaban J connectivity index is 1.24. The van der Waals surface area contributed by atoms with E-state index in [1.54, 1.807) is 72.8 Å². The number of phenolic OH excluding ortho intramolecular Hbond substituents is 2. The van der Waals surface area contributed by atoms with Crippen molar-refractivity contribution in [2.75, 3.05) is 0 Å². The van der Waals surface area contributed by atoms with Gasteiger partial charge in [-0.1, -0.05) is 84.9 Å². The summed E-state index contributed by atoms with van der Waals surface area (Å²) in [6, 6.07) is 26.9. The summed E-state index contributed by atoms with van der Waals surface area (Å²) in [4.78, 5) is -0.0933. The van der Waals surface area contributed by atoms with Gasteiger partial charge in [0, 0.05) is 24.0 Å². The smallest absolute Gasteiger partial charge is 0.205 e. The first-order valence-electron chi connectivity index (χ1n) is 13.8. The number of rotatable bonds is 6. The first-order valence-corrected chi connectivity index (χ1v) is 15.3. The van der Waals surface area contributed by atoms with E-state index in [9.17, 15) is 18.6 Å². The van der Waals surface area contributed by atoms with Crippen molar-refractivity contribution in [1.29, 1.82) is 0 Å². The van der Waals surface area contributed by atoms with Crippen molar-refractivity contribution in [1.82, 2.24) is 0 Å². The Morgan fingerprint density at radius 2 is 0.930 bits per heavy atom. The van der Waals surface area contributed by atoms with Gasteiger partial charge in [-0.15, -0.1) is 0 Å². The van der Waals surface area contributed by atoms with Crippen molar-refractivity contribution in [3.05, 3.63) is 154 Å². The van der Waals surface area contributed by atoms with E-state index in [0.29, 0.717) is 22.3 Å². The van der Waals surface area contributed by atoms with E-state index in [4.69, 9.17) is 0 Å². The summed E-state index contributed by atoms with van der Waals surface area (Å²) in [5, 5.41) is 19.3. The maximum absolute atomic E-state index is 16.4. The predicted molar refractivity (Wildman–Crippen MR) is 165 cm³/mol. The molecule has 0 radical (unpaired) electrons. The van der Waals surface area contributed by atoms with E-state index in [1.807, 2.05) is 0 Å². The van der Waals surface area contributed by atoms with E-state index in [0.717, 1.165) is 11.1 Å². The molecule has 0 saturated carbocycles. The molecule has 7 heteroatoms. The molecule has 0 aliphatic heterocycles. The molecule has 2 aliphatic rings. The minimum Gasteiger partial charge on any atom is -0.508 e. The minimum atomic E-state index is -4.02. The highest BCUT2D eigenvalue weighted by Crippen LogP contribution is 2.45. The van der Waals surface area contributed by atoms with Crippen LogP contribution < -0.4 is 0 Å². The second-order valence-electron chi connectivity index (χ2n) is 10.7. The van der Waals surface area contributed by atoms with Gasteiger partial charge in [0.1, 0.15) is 11.5 Å². The van der Waals surface area contributed by atoms with Crippen molar-refractivity contribution >= 4 is 9.84 Å². The van der Waals surface area contributed by atoms with Gasteiger partial charge in [-0.2, -0.15) is 0 Å². The molecule has 2 atom stereocenters. The van der Waals surface area contributed by atoms with Gasteiger partial charge in [0.15, 0.2) is 11.3 Å². The first-order chi connectivity index (χ1) is 20.6. The van der Waals surface area contributed by atoms with Crippen LogP contribution in [-0.4, -0.2) is 18.6 Å². The number of halogens is 2. The summed E-state index contributed by atoms with van der Waals surface area (Å²) in [6.07, 6.45) is 7.43. The van der Waals surface area contributed by atoms with Crippen LogP contribution in [0.15, 0.2) is 143 Å². The topological polar surface area (TPSA) is 74.6 Å². The Bertz CT molecular complexity index is 1790. The minimum absolute atomic E-state index is 0.0466. The monoisotopic (exact) mass is 594 g/mol. The van der Waals surface area contributed by atoms with Crippen LogP contribution in [0.2, 0.25) is 0 Å². The fourth-order valence-electron chi connectivity index (χ4n) is 5.61. The molecule has 0 aromatic heterocycles. The average Bonchev–Trinajstić information content (AvgIpc) is 3.02. The summed E-state index contributed by atoms with van der Waals surface area (Å²) in [5.41, 5.74) is -0.405. The summed E-state index contributed by atoms with van der Waals surface area (Å²) in [6.45, 7) is 0. The van der Waals surface area contributed by atoms with Crippen LogP contribution in [0.5, 0.6) is 11.5 Å². The fraction of sp³-hybridized carbons (Fsp3) is 0.111. The molecule has 4 nitrogen and oxygen atoms in total. The first kappa shape index (κ1) is 28.4. The van der Waals surface area contributed by atoms with Crippen LogP contribution >= 0.6 is 0 Å². The summed E-state index contributed by atoms with van der Waals surface area (Å²) in [7, 11) is -4.02. The lowest BCUT2D eigenvalue weighted by molar-refractivity contribution is 0.236. The Labute approximate surface area is 249 Å². The number of alkyl halides is 2. The van der Waals surface area contributed by atoms with Crippen molar-refractivity contribution in [2.45, 2.75) is 24.2 Å². The normalized spacial score (nSPS) is 21.7. The van der Waals surface area contributed by atoms with Crippen molar-refractivity contribution in [3.8, 4) is 33.8 Å². The third kappa shape index (κ3) is 5.32. The van der Waals surface area contributed by atoms with Crippen LogP contribution in [0.25, 0.3) is 22.3 Å². The molecule has 4 aromatic carbocycles. The molecule has 4 aromatic rings. The third-order valence-electron chi connectivity index (χ3n) is 7.95. The quantitative estimate of drug-likeness (QED) is 0.235. The summed E-state index contributed by atoms with van der Waals surface area (Å²) >= 11 is 0. The number of hydrogen-bond donors (Lipinski definition) is 2. The van der Waals surface area contributed by atoms with E-state index in [1.165, 1.54) is 60.7 Å². The Morgan fingerprint density at radius 1 is 0.558 bits per heavy atom.